The van der Waals surface area contributed by atoms with Crippen molar-refractivity contribution in [3.63, 3.8) is 0 Å². The normalized spacial score (nSPS) is 19.5. The second kappa shape index (κ2) is 5.36. The Bertz CT molecular complexity index is 117. The fraction of sp³-hybridized carbons (Fsp3) is 0.800. The molecule has 0 heterocycles. The molecule has 0 aromatic heterocycles. The van der Waals surface area contributed by atoms with Crippen LogP contribution in [0, 0.1) is 0 Å². The Morgan fingerprint density at radius 1 is 1.09 bits per heavy atom. The van der Waals surface area contributed by atoms with Crippen molar-refractivity contribution in [3.8, 4) is 0 Å². The highest BCUT2D eigenvalue weighted by Gasteiger charge is 2.02. The first-order valence-corrected chi connectivity index (χ1v) is 4.81. The first-order chi connectivity index (χ1) is 5.43. The van der Waals surface area contributed by atoms with E-state index < -0.39 is 0 Å². The summed E-state index contributed by atoms with van der Waals surface area (Å²) in [6.45, 7) is 0.809. The van der Waals surface area contributed by atoms with E-state index in [1.165, 1.54) is 38.5 Å². The van der Waals surface area contributed by atoms with Gasteiger partial charge in [0.2, 0.25) is 0 Å². The maximum absolute atomic E-state index is 5.44. The highest BCUT2D eigenvalue weighted by molar-refractivity contribution is 5.02. The first-order valence-electron chi connectivity index (χ1n) is 4.81. The molecule has 1 heteroatoms. The van der Waals surface area contributed by atoms with Crippen molar-refractivity contribution in [3.05, 3.63) is 11.6 Å². The highest BCUT2D eigenvalue weighted by Crippen LogP contribution is 2.21. The van der Waals surface area contributed by atoms with Gasteiger partial charge < -0.3 is 5.73 Å². The van der Waals surface area contributed by atoms with Gasteiger partial charge >= 0.3 is 0 Å². The molecule has 0 bridgehead atoms. The Labute approximate surface area is 69.7 Å². The largest absolute Gasteiger partial charge is 0.330 e. The van der Waals surface area contributed by atoms with Crippen LogP contribution in [0.2, 0.25) is 0 Å². The third kappa shape index (κ3) is 3.57. The predicted octanol–water partition coefficient (Wildman–Crippen LogP) is 2.62. The highest BCUT2D eigenvalue weighted by atomic mass is 14.5. The topological polar surface area (TPSA) is 26.0 Å². The molecular formula is C10H19N. The summed E-state index contributed by atoms with van der Waals surface area (Å²) in [5, 5.41) is 0. The summed E-state index contributed by atoms with van der Waals surface area (Å²) >= 11 is 0. The average molecular weight is 153 g/mol. The molecule has 0 radical (unpaired) electrons. The Morgan fingerprint density at radius 2 is 1.73 bits per heavy atom. The van der Waals surface area contributed by atoms with Gasteiger partial charge in [-0.3, -0.25) is 0 Å². The molecule has 0 aliphatic heterocycles. The minimum absolute atomic E-state index is 0.809. The Hall–Kier alpha value is -0.300. The van der Waals surface area contributed by atoms with Gasteiger partial charge in [-0.15, -0.1) is 0 Å². The fourth-order valence-corrected chi connectivity index (χ4v) is 1.67. The molecular weight excluding hydrogens is 134 g/mol. The van der Waals surface area contributed by atoms with Gasteiger partial charge in [0.15, 0.2) is 0 Å². The summed E-state index contributed by atoms with van der Waals surface area (Å²) in [6.07, 6.45) is 11.8. The number of hydrogen-bond acceptors (Lipinski definition) is 1. The fourth-order valence-electron chi connectivity index (χ4n) is 1.67. The maximum atomic E-state index is 5.44. The van der Waals surface area contributed by atoms with E-state index in [9.17, 15) is 0 Å². The molecule has 0 atom stereocenters. The second-order valence-electron chi connectivity index (χ2n) is 3.35. The molecule has 11 heavy (non-hydrogen) atoms. The van der Waals surface area contributed by atoms with Crippen molar-refractivity contribution in [1.29, 1.82) is 0 Å². The quantitative estimate of drug-likeness (QED) is 0.479. The van der Waals surface area contributed by atoms with Gasteiger partial charge in [-0.05, 0) is 38.6 Å². The molecule has 0 spiro atoms. The zero-order valence-corrected chi connectivity index (χ0v) is 7.31. The van der Waals surface area contributed by atoms with Gasteiger partial charge in [-0.25, -0.2) is 0 Å². The van der Waals surface area contributed by atoms with E-state index >= 15 is 0 Å². The van der Waals surface area contributed by atoms with E-state index in [4.69, 9.17) is 5.73 Å². The minimum Gasteiger partial charge on any atom is -0.330 e. The first kappa shape index (κ1) is 8.79. The lowest BCUT2D eigenvalue weighted by Gasteiger charge is -2.00. The molecule has 1 nitrogen and oxygen atoms in total. The van der Waals surface area contributed by atoms with Gasteiger partial charge in [0.25, 0.3) is 0 Å². The number of hydrogen-bond donors (Lipinski definition) is 1. The minimum atomic E-state index is 0.809. The lowest BCUT2D eigenvalue weighted by atomic mass is 10.1. The molecule has 1 aliphatic rings. The van der Waals surface area contributed by atoms with Crippen LogP contribution in [0.3, 0.4) is 0 Å². The number of nitrogens with two attached hydrogens (primary N) is 1. The van der Waals surface area contributed by atoms with Gasteiger partial charge in [0.05, 0.1) is 0 Å². The number of rotatable bonds is 2. The summed E-state index contributed by atoms with van der Waals surface area (Å²) in [5.41, 5.74) is 7.10. The van der Waals surface area contributed by atoms with Crippen LogP contribution in [0.15, 0.2) is 11.6 Å². The van der Waals surface area contributed by atoms with Gasteiger partial charge in [-0.2, -0.15) is 0 Å². The van der Waals surface area contributed by atoms with E-state index in [0.717, 1.165) is 13.0 Å². The average Bonchev–Trinajstić information content (AvgIpc) is 2.28. The Balaban J connectivity index is 2.29. The lowest BCUT2D eigenvalue weighted by molar-refractivity contribution is 0.702. The Morgan fingerprint density at radius 3 is 2.27 bits per heavy atom. The van der Waals surface area contributed by atoms with Gasteiger partial charge in [0, 0.05) is 0 Å². The SMILES string of the molecule is NCCC=C1CCCCCC1. The van der Waals surface area contributed by atoms with Gasteiger partial charge in [0.1, 0.15) is 0 Å². The summed E-state index contributed by atoms with van der Waals surface area (Å²) in [5.74, 6) is 0. The van der Waals surface area contributed by atoms with E-state index in [0.29, 0.717) is 0 Å². The van der Waals surface area contributed by atoms with Crippen LogP contribution in [0.4, 0.5) is 0 Å². The smallest absolute Gasteiger partial charge is 0.00425 e. The van der Waals surface area contributed by atoms with Crippen molar-refractivity contribution < 1.29 is 0 Å². The monoisotopic (exact) mass is 153 g/mol. The molecule has 64 valence electrons. The summed E-state index contributed by atoms with van der Waals surface area (Å²) in [6, 6.07) is 0. The van der Waals surface area contributed by atoms with E-state index in [1.807, 2.05) is 0 Å². The molecule has 1 fully saturated rings. The van der Waals surface area contributed by atoms with Crippen molar-refractivity contribution in [2.24, 2.45) is 5.73 Å². The van der Waals surface area contributed by atoms with Crippen molar-refractivity contribution in [2.75, 3.05) is 6.54 Å². The van der Waals surface area contributed by atoms with E-state index in [2.05, 4.69) is 6.08 Å². The molecule has 1 rings (SSSR count). The van der Waals surface area contributed by atoms with Crippen LogP contribution in [0.5, 0.6) is 0 Å². The Kier molecular flexibility index (Phi) is 4.29. The summed E-state index contributed by atoms with van der Waals surface area (Å²) < 4.78 is 0. The van der Waals surface area contributed by atoms with Crippen LogP contribution in [0.1, 0.15) is 44.9 Å². The zero-order chi connectivity index (χ0) is 7.94. The van der Waals surface area contributed by atoms with Crippen molar-refractivity contribution in [1.82, 2.24) is 0 Å². The molecule has 0 aromatic rings. The molecule has 0 aromatic carbocycles. The van der Waals surface area contributed by atoms with Crippen molar-refractivity contribution >= 4 is 0 Å². The zero-order valence-electron chi connectivity index (χ0n) is 7.31. The molecule has 2 N–H and O–H groups in total. The van der Waals surface area contributed by atoms with Crippen LogP contribution < -0.4 is 5.73 Å². The van der Waals surface area contributed by atoms with Crippen LogP contribution in [0.25, 0.3) is 0 Å². The standard InChI is InChI=1S/C10H19N/c11-9-5-8-10-6-3-1-2-4-7-10/h8H,1-7,9,11H2. The molecule has 1 saturated carbocycles. The molecule has 1 aliphatic carbocycles. The van der Waals surface area contributed by atoms with Crippen molar-refractivity contribution in [2.45, 2.75) is 44.9 Å². The number of allylic oxidation sites excluding steroid dienone is 1. The summed E-state index contributed by atoms with van der Waals surface area (Å²) in [4.78, 5) is 0. The third-order valence-corrected chi connectivity index (χ3v) is 2.35. The van der Waals surface area contributed by atoms with E-state index in [1.54, 1.807) is 5.57 Å². The van der Waals surface area contributed by atoms with E-state index in [-0.39, 0.29) is 0 Å². The molecule has 0 amide bonds. The van der Waals surface area contributed by atoms with Crippen LogP contribution >= 0.6 is 0 Å². The predicted molar refractivity (Wildman–Crippen MR) is 49.5 cm³/mol. The lowest BCUT2D eigenvalue weighted by Crippen LogP contribution is -1.96. The molecule has 0 saturated heterocycles. The molecule has 0 unspecified atom stereocenters. The third-order valence-electron chi connectivity index (χ3n) is 2.35. The van der Waals surface area contributed by atoms with Crippen LogP contribution in [-0.4, -0.2) is 6.54 Å². The summed E-state index contributed by atoms with van der Waals surface area (Å²) in [7, 11) is 0. The second-order valence-corrected chi connectivity index (χ2v) is 3.35. The maximum Gasteiger partial charge on any atom is -0.00425 e. The van der Waals surface area contributed by atoms with Crippen LogP contribution in [-0.2, 0) is 0 Å². The van der Waals surface area contributed by atoms with Gasteiger partial charge in [-0.1, -0.05) is 24.5 Å².